The highest BCUT2D eigenvalue weighted by Crippen LogP contribution is 2.32. The van der Waals surface area contributed by atoms with Crippen molar-refractivity contribution in [2.45, 2.75) is 45.4 Å². The van der Waals surface area contributed by atoms with Crippen molar-refractivity contribution in [2.75, 3.05) is 0 Å². The maximum absolute atomic E-state index is 12.0. The fraction of sp³-hybridized carbons (Fsp3) is 0.438. The normalized spacial score (nSPS) is 21.2. The molecule has 3 nitrogen and oxygen atoms in total. The van der Waals surface area contributed by atoms with E-state index in [2.05, 4.69) is 28.9 Å². The summed E-state index contributed by atoms with van der Waals surface area (Å²) in [5, 5.41) is 3.05. The van der Waals surface area contributed by atoms with Gasteiger partial charge in [-0.2, -0.15) is 0 Å². The summed E-state index contributed by atoms with van der Waals surface area (Å²) in [6.07, 6.45) is 1.83. The van der Waals surface area contributed by atoms with Gasteiger partial charge in [-0.15, -0.1) is 0 Å². The van der Waals surface area contributed by atoms with Gasteiger partial charge in [-0.3, -0.25) is 9.69 Å². The van der Waals surface area contributed by atoms with Crippen molar-refractivity contribution in [3.63, 3.8) is 0 Å². The van der Waals surface area contributed by atoms with E-state index >= 15 is 0 Å². The summed E-state index contributed by atoms with van der Waals surface area (Å²) in [5.74, 6) is 0.0835. The highest BCUT2D eigenvalue weighted by Gasteiger charge is 2.50. The minimum Gasteiger partial charge on any atom is -0.337 e. The smallest absolute Gasteiger partial charge is 0.241 e. The minimum absolute atomic E-state index is 0.0835. The lowest BCUT2D eigenvalue weighted by molar-refractivity contribution is -0.125. The predicted octanol–water partition coefficient (Wildman–Crippen LogP) is 2.78. The van der Waals surface area contributed by atoms with Gasteiger partial charge in [0.2, 0.25) is 5.91 Å². The van der Waals surface area contributed by atoms with Crippen molar-refractivity contribution in [1.29, 1.82) is 0 Å². The molecule has 1 aromatic rings. The Kier molecular flexibility index (Phi) is 3.27. The van der Waals surface area contributed by atoms with Crippen molar-refractivity contribution < 1.29 is 4.79 Å². The van der Waals surface area contributed by atoms with E-state index in [4.69, 9.17) is 0 Å². The molecule has 0 spiro atoms. The Morgan fingerprint density at radius 1 is 1.21 bits per heavy atom. The summed E-state index contributed by atoms with van der Waals surface area (Å²) in [6, 6.07) is 8.28. The molecule has 0 aromatic heterocycles. The molecule has 1 aromatic carbocycles. The van der Waals surface area contributed by atoms with Crippen molar-refractivity contribution >= 4 is 12.0 Å². The molecule has 0 aliphatic carbocycles. The number of rotatable bonds is 3. The third kappa shape index (κ3) is 2.43. The quantitative estimate of drug-likeness (QED) is 0.904. The molecule has 1 amide bonds. The number of benzene rings is 1. The summed E-state index contributed by atoms with van der Waals surface area (Å²) in [7, 11) is 0. The highest BCUT2D eigenvalue weighted by atomic mass is 16.2. The van der Waals surface area contributed by atoms with Crippen LogP contribution in [0, 0.1) is 0 Å². The molecule has 2 rings (SSSR count). The lowest BCUT2D eigenvalue weighted by Gasteiger charge is -2.37. The van der Waals surface area contributed by atoms with Crippen molar-refractivity contribution in [2.24, 2.45) is 0 Å². The van der Waals surface area contributed by atoms with Gasteiger partial charge in [-0.05, 0) is 38.8 Å². The van der Waals surface area contributed by atoms with Gasteiger partial charge in [0.05, 0.1) is 11.2 Å². The van der Waals surface area contributed by atoms with Crippen LogP contribution < -0.4 is 5.32 Å². The summed E-state index contributed by atoms with van der Waals surface area (Å²) in [6.45, 7) is 12.5. The monoisotopic (exact) mass is 258 g/mol. The Bertz CT molecular complexity index is 500. The Labute approximate surface area is 115 Å². The molecule has 0 atom stereocenters. The second kappa shape index (κ2) is 4.49. The van der Waals surface area contributed by atoms with Crippen LogP contribution in [-0.4, -0.2) is 22.0 Å². The van der Waals surface area contributed by atoms with E-state index in [9.17, 15) is 4.79 Å². The van der Waals surface area contributed by atoms with Gasteiger partial charge in [0.15, 0.2) is 0 Å². The Hall–Kier alpha value is -1.61. The molecule has 102 valence electrons. The van der Waals surface area contributed by atoms with E-state index in [1.165, 1.54) is 5.56 Å². The van der Waals surface area contributed by atoms with Crippen LogP contribution in [0.4, 0.5) is 0 Å². The van der Waals surface area contributed by atoms with Crippen LogP contribution in [0.5, 0.6) is 0 Å². The van der Waals surface area contributed by atoms with Crippen LogP contribution in [-0.2, 0) is 11.3 Å². The molecule has 1 aliphatic rings. The second-order valence-electron chi connectivity index (χ2n) is 6.10. The molecule has 1 saturated heterocycles. The summed E-state index contributed by atoms with van der Waals surface area (Å²) in [5.41, 5.74) is 1.50. The van der Waals surface area contributed by atoms with Crippen molar-refractivity contribution in [3.8, 4) is 0 Å². The van der Waals surface area contributed by atoms with Gasteiger partial charge in [0.1, 0.15) is 0 Å². The fourth-order valence-corrected chi connectivity index (χ4v) is 2.66. The van der Waals surface area contributed by atoms with Crippen LogP contribution in [0.3, 0.4) is 0 Å². The Balaban J connectivity index is 2.25. The highest BCUT2D eigenvalue weighted by molar-refractivity contribution is 5.88. The maximum Gasteiger partial charge on any atom is 0.241 e. The third-order valence-corrected chi connectivity index (χ3v) is 3.88. The van der Waals surface area contributed by atoms with Gasteiger partial charge >= 0.3 is 0 Å². The number of nitrogens with zero attached hydrogens (tertiary/aromatic N) is 1. The van der Waals surface area contributed by atoms with E-state index in [0.717, 1.165) is 12.1 Å². The SMILES string of the molecule is C=Cc1ccc(CN2C(C)(C)NC(=O)C2(C)C)cc1. The number of carbonyl (C=O) groups is 1. The molecule has 1 N–H and O–H groups in total. The molecule has 1 heterocycles. The summed E-state index contributed by atoms with van der Waals surface area (Å²) >= 11 is 0. The average Bonchev–Trinajstić information content (AvgIpc) is 2.49. The topological polar surface area (TPSA) is 32.3 Å². The van der Waals surface area contributed by atoms with Gasteiger partial charge < -0.3 is 5.32 Å². The van der Waals surface area contributed by atoms with Crippen LogP contribution in [0.25, 0.3) is 6.08 Å². The first-order valence-electron chi connectivity index (χ1n) is 6.59. The molecule has 1 fully saturated rings. The van der Waals surface area contributed by atoms with Gasteiger partial charge in [0, 0.05) is 6.54 Å². The lowest BCUT2D eigenvalue weighted by atomic mass is 10.0. The number of hydrogen-bond acceptors (Lipinski definition) is 2. The maximum atomic E-state index is 12.0. The molecule has 19 heavy (non-hydrogen) atoms. The molecule has 3 heteroatoms. The first-order chi connectivity index (χ1) is 8.77. The largest absolute Gasteiger partial charge is 0.337 e. The molecule has 0 unspecified atom stereocenters. The first-order valence-corrected chi connectivity index (χ1v) is 6.59. The van der Waals surface area contributed by atoms with E-state index in [1.807, 2.05) is 45.9 Å². The van der Waals surface area contributed by atoms with Crippen LogP contribution in [0.15, 0.2) is 30.8 Å². The first kappa shape index (κ1) is 13.8. The van der Waals surface area contributed by atoms with Crippen molar-refractivity contribution in [1.82, 2.24) is 10.2 Å². The number of carbonyl (C=O) groups excluding carboxylic acids is 1. The zero-order chi connectivity index (χ0) is 14.3. The van der Waals surface area contributed by atoms with E-state index < -0.39 is 5.54 Å². The van der Waals surface area contributed by atoms with E-state index in [-0.39, 0.29) is 11.6 Å². The molecular weight excluding hydrogens is 236 g/mol. The number of hydrogen-bond donors (Lipinski definition) is 1. The standard InChI is InChI=1S/C16H22N2O/c1-6-12-7-9-13(10-8-12)11-18-15(2,3)14(19)17-16(18,4)5/h6-10H,1,11H2,2-5H3,(H,17,19). The average molecular weight is 258 g/mol. The molecule has 0 bridgehead atoms. The van der Waals surface area contributed by atoms with Gasteiger partial charge in [0.25, 0.3) is 0 Å². The number of amides is 1. The van der Waals surface area contributed by atoms with Crippen LogP contribution in [0.1, 0.15) is 38.8 Å². The molecule has 1 aliphatic heterocycles. The minimum atomic E-state index is -0.486. The van der Waals surface area contributed by atoms with Gasteiger partial charge in [-0.1, -0.05) is 36.9 Å². The van der Waals surface area contributed by atoms with Crippen molar-refractivity contribution in [3.05, 3.63) is 42.0 Å². The van der Waals surface area contributed by atoms with E-state index in [0.29, 0.717) is 0 Å². The molecular formula is C16H22N2O. The zero-order valence-corrected chi connectivity index (χ0v) is 12.2. The summed E-state index contributed by atoms with van der Waals surface area (Å²) in [4.78, 5) is 14.2. The van der Waals surface area contributed by atoms with Crippen LogP contribution >= 0.6 is 0 Å². The Morgan fingerprint density at radius 3 is 2.21 bits per heavy atom. The second-order valence-corrected chi connectivity index (χ2v) is 6.10. The number of nitrogens with one attached hydrogen (secondary N) is 1. The fourth-order valence-electron chi connectivity index (χ4n) is 2.66. The summed E-state index contributed by atoms with van der Waals surface area (Å²) < 4.78 is 0. The van der Waals surface area contributed by atoms with E-state index in [1.54, 1.807) is 0 Å². The lowest BCUT2D eigenvalue weighted by Crippen LogP contribution is -2.50. The van der Waals surface area contributed by atoms with Gasteiger partial charge in [-0.25, -0.2) is 0 Å². The Morgan fingerprint density at radius 2 is 1.79 bits per heavy atom. The van der Waals surface area contributed by atoms with Crippen LogP contribution in [0.2, 0.25) is 0 Å². The molecule has 0 saturated carbocycles. The predicted molar refractivity (Wildman–Crippen MR) is 78.4 cm³/mol. The third-order valence-electron chi connectivity index (χ3n) is 3.88. The molecule has 0 radical (unpaired) electrons. The zero-order valence-electron chi connectivity index (χ0n) is 12.2.